The smallest absolute Gasteiger partial charge is 0.306 e. The van der Waals surface area contributed by atoms with Gasteiger partial charge in [0.15, 0.2) is 0 Å². The monoisotopic (exact) mass is 577 g/mol. The predicted molar refractivity (Wildman–Crippen MR) is 176 cm³/mol. The molecule has 240 valence electrons. The number of allylic oxidation sites excluding steroid dienone is 3. The lowest BCUT2D eigenvalue weighted by Gasteiger charge is -2.14. The lowest BCUT2D eigenvalue weighted by molar-refractivity contribution is -0.147. The molecule has 41 heavy (non-hydrogen) atoms. The Bertz CT molecular complexity index is 624. The highest BCUT2D eigenvalue weighted by molar-refractivity contribution is 5.69. The van der Waals surface area contributed by atoms with E-state index in [1.165, 1.54) is 109 Å². The Morgan fingerprint density at radius 2 is 1.02 bits per heavy atom. The fourth-order valence-corrected chi connectivity index (χ4v) is 5.25. The van der Waals surface area contributed by atoms with Crippen LogP contribution in [0.1, 0.15) is 194 Å². The molecule has 0 aromatic carbocycles. The number of aliphatic carboxylic acids is 1. The molecule has 1 atom stereocenters. The molecule has 4 nitrogen and oxygen atoms in total. The summed E-state index contributed by atoms with van der Waals surface area (Å²) in [6.45, 7) is 4.50. The maximum atomic E-state index is 12.5. The largest absolute Gasteiger partial charge is 0.481 e. The number of hydrogen-bond donors (Lipinski definition) is 1. The van der Waals surface area contributed by atoms with E-state index in [9.17, 15) is 9.59 Å². The molecule has 0 bridgehead atoms. The number of hydrogen-bond acceptors (Lipinski definition) is 3. The van der Waals surface area contributed by atoms with Crippen molar-refractivity contribution in [1.29, 1.82) is 0 Å². The van der Waals surface area contributed by atoms with Gasteiger partial charge in [-0.25, -0.2) is 0 Å². The zero-order valence-electron chi connectivity index (χ0n) is 27.4. The maximum Gasteiger partial charge on any atom is 0.306 e. The van der Waals surface area contributed by atoms with Crippen LogP contribution in [0.5, 0.6) is 0 Å². The molecule has 0 heterocycles. The Labute approximate surface area is 255 Å². The maximum absolute atomic E-state index is 12.5. The summed E-state index contributed by atoms with van der Waals surface area (Å²) in [4.78, 5) is 23.2. The average Bonchev–Trinajstić information content (AvgIpc) is 2.95. The van der Waals surface area contributed by atoms with E-state index < -0.39 is 5.97 Å². The van der Waals surface area contributed by atoms with E-state index in [2.05, 4.69) is 38.2 Å². The van der Waals surface area contributed by atoms with Gasteiger partial charge in [0, 0.05) is 12.8 Å². The lowest BCUT2D eigenvalue weighted by Crippen LogP contribution is -2.16. The minimum atomic E-state index is -0.725. The van der Waals surface area contributed by atoms with E-state index >= 15 is 0 Å². The first-order valence-electron chi connectivity index (χ1n) is 17.8. The second kappa shape index (κ2) is 32.9. The number of unbranched alkanes of at least 4 members (excludes halogenated alkanes) is 21. The summed E-state index contributed by atoms with van der Waals surface area (Å²) in [5.74, 6) is -0.803. The first kappa shape index (κ1) is 39.4. The molecular weight excluding hydrogens is 508 g/mol. The third-order valence-electron chi connectivity index (χ3n) is 7.91. The van der Waals surface area contributed by atoms with Crippen LogP contribution in [0.2, 0.25) is 0 Å². The molecule has 1 N–H and O–H groups in total. The van der Waals surface area contributed by atoms with Gasteiger partial charge in [-0.05, 0) is 51.0 Å². The van der Waals surface area contributed by atoms with Gasteiger partial charge in [0.1, 0.15) is 6.10 Å². The Kier molecular flexibility index (Phi) is 31.7. The summed E-state index contributed by atoms with van der Waals surface area (Å²) < 4.78 is 5.84. The molecule has 0 amide bonds. The van der Waals surface area contributed by atoms with Gasteiger partial charge in [-0.3, -0.25) is 9.59 Å². The van der Waals surface area contributed by atoms with E-state index in [1.807, 2.05) is 0 Å². The van der Waals surface area contributed by atoms with Crippen LogP contribution in [0.15, 0.2) is 24.3 Å². The van der Waals surface area contributed by atoms with Crippen LogP contribution in [0.25, 0.3) is 0 Å². The standard InChI is InChI=1S/C37H68O4/c1-3-5-7-9-11-13-14-15-16-17-18-19-20-22-24-30-34-37(40)41-35(32-28-25-26-29-33-36(38)39)31-27-23-21-12-10-8-6-4-2/h12,21,27,31,35H,3-11,13-20,22-26,28-30,32-34H2,1-2H3,(H,38,39)/b21-12-,31-27-. The van der Waals surface area contributed by atoms with Gasteiger partial charge in [0.2, 0.25) is 0 Å². The molecule has 0 fully saturated rings. The molecule has 1 unspecified atom stereocenters. The molecule has 0 radical (unpaired) electrons. The average molecular weight is 577 g/mol. The Balaban J connectivity index is 3.97. The number of carbonyl (C=O) groups excluding carboxylic acids is 1. The van der Waals surface area contributed by atoms with E-state index in [0.717, 1.165) is 57.8 Å². The Morgan fingerprint density at radius 1 is 0.561 bits per heavy atom. The van der Waals surface area contributed by atoms with Gasteiger partial charge in [-0.2, -0.15) is 0 Å². The summed E-state index contributed by atoms with van der Waals surface area (Å²) in [7, 11) is 0. The van der Waals surface area contributed by atoms with Crippen LogP contribution in [0.3, 0.4) is 0 Å². The van der Waals surface area contributed by atoms with Crippen molar-refractivity contribution in [3.05, 3.63) is 24.3 Å². The highest BCUT2D eigenvalue weighted by Gasteiger charge is 2.11. The summed E-state index contributed by atoms with van der Waals surface area (Å²) in [5.41, 5.74) is 0. The van der Waals surface area contributed by atoms with Crippen molar-refractivity contribution in [3.63, 3.8) is 0 Å². The zero-order chi connectivity index (χ0) is 30.1. The first-order valence-corrected chi connectivity index (χ1v) is 17.8. The third-order valence-corrected chi connectivity index (χ3v) is 7.91. The first-order chi connectivity index (χ1) is 20.1. The second-order valence-corrected chi connectivity index (χ2v) is 12.1. The summed E-state index contributed by atoms with van der Waals surface area (Å²) in [6, 6.07) is 0. The van der Waals surface area contributed by atoms with Crippen LogP contribution in [-0.2, 0) is 14.3 Å². The molecule has 0 aliphatic rings. The highest BCUT2D eigenvalue weighted by Crippen LogP contribution is 2.16. The molecule has 0 spiro atoms. The van der Waals surface area contributed by atoms with Crippen LogP contribution in [-0.4, -0.2) is 23.1 Å². The summed E-state index contributed by atoms with van der Waals surface area (Å²) in [5, 5.41) is 8.80. The number of carboxylic acid groups (broad SMARTS) is 1. The topological polar surface area (TPSA) is 63.6 Å². The quantitative estimate of drug-likeness (QED) is 0.0491. The molecule has 4 heteroatoms. The zero-order valence-corrected chi connectivity index (χ0v) is 27.4. The van der Waals surface area contributed by atoms with Crippen molar-refractivity contribution >= 4 is 11.9 Å². The summed E-state index contributed by atoms with van der Waals surface area (Å²) >= 11 is 0. The molecule has 0 aliphatic carbocycles. The van der Waals surface area contributed by atoms with Crippen molar-refractivity contribution in [3.8, 4) is 0 Å². The number of carboxylic acids is 1. The van der Waals surface area contributed by atoms with Crippen molar-refractivity contribution < 1.29 is 19.4 Å². The van der Waals surface area contributed by atoms with Crippen molar-refractivity contribution in [2.24, 2.45) is 0 Å². The van der Waals surface area contributed by atoms with Gasteiger partial charge in [0.05, 0.1) is 0 Å². The van der Waals surface area contributed by atoms with E-state index in [4.69, 9.17) is 9.84 Å². The fraction of sp³-hybridized carbons (Fsp3) is 0.838. The van der Waals surface area contributed by atoms with Gasteiger partial charge in [-0.15, -0.1) is 0 Å². The predicted octanol–water partition coefficient (Wildman–Crippen LogP) is 12.1. The minimum Gasteiger partial charge on any atom is -0.481 e. The van der Waals surface area contributed by atoms with Gasteiger partial charge in [0.25, 0.3) is 0 Å². The summed E-state index contributed by atoms with van der Waals surface area (Å²) in [6.07, 6.45) is 40.6. The van der Waals surface area contributed by atoms with Gasteiger partial charge < -0.3 is 9.84 Å². The third kappa shape index (κ3) is 32.8. The molecular formula is C37H68O4. The molecule has 0 aromatic rings. The van der Waals surface area contributed by atoms with Crippen LogP contribution in [0.4, 0.5) is 0 Å². The van der Waals surface area contributed by atoms with Crippen molar-refractivity contribution in [1.82, 2.24) is 0 Å². The van der Waals surface area contributed by atoms with E-state index in [1.54, 1.807) is 0 Å². The minimum absolute atomic E-state index is 0.0778. The Morgan fingerprint density at radius 3 is 1.56 bits per heavy atom. The SMILES string of the molecule is CCCCC/C=C\C/C=C\C(CCCCCCC(=O)O)OC(=O)CCCCCCCCCCCCCCCCCC. The molecule has 0 aromatic heterocycles. The molecule has 0 aliphatic heterocycles. The van der Waals surface area contributed by atoms with Crippen LogP contribution < -0.4 is 0 Å². The molecule has 0 saturated carbocycles. The highest BCUT2D eigenvalue weighted by atomic mass is 16.5. The number of carbonyl (C=O) groups is 2. The van der Waals surface area contributed by atoms with E-state index in [-0.39, 0.29) is 18.5 Å². The van der Waals surface area contributed by atoms with Crippen molar-refractivity contribution in [2.75, 3.05) is 0 Å². The van der Waals surface area contributed by atoms with Crippen molar-refractivity contribution in [2.45, 2.75) is 200 Å². The number of rotatable bonds is 32. The second-order valence-electron chi connectivity index (χ2n) is 12.1. The molecule has 0 rings (SSSR count). The fourth-order valence-electron chi connectivity index (χ4n) is 5.25. The number of esters is 1. The van der Waals surface area contributed by atoms with Crippen LogP contribution in [0, 0.1) is 0 Å². The van der Waals surface area contributed by atoms with Crippen LogP contribution >= 0.6 is 0 Å². The lowest BCUT2D eigenvalue weighted by atomic mass is 10.0. The van der Waals surface area contributed by atoms with E-state index in [0.29, 0.717) is 6.42 Å². The van der Waals surface area contributed by atoms with Gasteiger partial charge >= 0.3 is 11.9 Å². The normalized spacial score (nSPS) is 12.4. The Hall–Kier alpha value is -1.58. The number of ether oxygens (including phenoxy) is 1. The molecule has 0 saturated heterocycles. The van der Waals surface area contributed by atoms with Gasteiger partial charge in [-0.1, -0.05) is 154 Å².